The highest BCUT2D eigenvalue weighted by atomic mass is 16.7. The van der Waals surface area contributed by atoms with Gasteiger partial charge in [-0.2, -0.15) is 0 Å². The molecule has 0 bridgehead atoms. The Morgan fingerprint density at radius 1 is 1.12 bits per heavy atom. The van der Waals surface area contributed by atoms with Crippen molar-refractivity contribution in [3.63, 3.8) is 0 Å². The summed E-state index contributed by atoms with van der Waals surface area (Å²) in [5.74, 6) is 3.21. The number of benzene rings is 2. The van der Waals surface area contributed by atoms with Crippen molar-refractivity contribution in [2.75, 3.05) is 25.3 Å². The molecule has 5 rings (SSSR count). The fourth-order valence-corrected chi connectivity index (χ4v) is 3.74. The minimum absolute atomic E-state index is 0.250. The van der Waals surface area contributed by atoms with Crippen LogP contribution in [-0.2, 0) is 0 Å². The first-order valence-electron chi connectivity index (χ1n) is 8.79. The fraction of sp³-hybridized carbons (Fsp3) is 0.300. The first-order valence-corrected chi connectivity index (χ1v) is 8.79. The highest BCUT2D eigenvalue weighted by Gasteiger charge is 2.29. The summed E-state index contributed by atoms with van der Waals surface area (Å²) in [5.41, 5.74) is 2.14. The summed E-state index contributed by atoms with van der Waals surface area (Å²) in [6.45, 7) is 1.24. The molecule has 1 aromatic heterocycles. The molecule has 0 aliphatic carbocycles. The number of methoxy groups -OCH3 is 1. The molecule has 6 nitrogen and oxygen atoms in total. The molecule has 0 amide bonds. The van der Waals surface area contributed by atoms with Crippen LogP contribution in [0.2, 0.25) is 0 Å². The van der Waals surface area contributed by atoms with Gasteiger partial charge in [-0.3, -0.25) is 0 Å². The summed E-state index contributed by atoms with van der Waals surface area (Å²) in [4.78, 5) is 11.7. The van der Waals surface area contributed by atoms with Crippen LogP contribution in [0.25, 0.3) is 10.9 Å². The molecular weight excluding hydrogens is 330 g/mol. The van der Waals surface area contributed by atoms with Gasteiger partial charge in [-0.15, -0.1) is 0 Å². The predicted octanol–water partition coefficient (Wildman–Crippen LogP) is 3.71. The average molecular weight is 349 g/mol. The molecule has 1 fully saturated rings. The van der Waals surface area contributed by atoms with Crippen LogP contribution in [0.3, 0.4) is 0 Å². The number of hydrogen-bond acceptors (Lipinski definition) is 6. The van der Waals surface area contributed by atoms with Crippen LogP contribution in [0.5, 0.6) is 17.2 Å². The van der Waals surface area contributed by atoms with Gasteiger partial charge in [0.1, 0.15) is 5.75 Å². The molecule has 3 heterocycles. The lowest BCUT2D eigenvalue weighted by Crippen LogP contribution is -2.24. The second-order valence-corrected chi connectivity index (χ2v) is 6.56. The summed E-state index contributed by atoms with van der Waals surface area (Å²) in [6.07, 6.45) is 4.06. The van der Waals surface area contributed by atoms with Crippen molar-refractivity contribution in [2.24, 2.45) is 0 Å². The van der Waals surface area contributed by atoms with Gasteiger partial charge in [0.2, 0.25) is 12.7 Å². The molecular formula is C20H19N3O3. The van der Waals surface area contributed by atoms with Gasteiger partial charge in [-0.1, -0.05) is 6.07 Å². The van der Waals surface area contributed by atoms with Crippen LogP contribution in [-0.4, -0.2) is 30.4 Å². The number of anilines is 1. The molecule has 6 heteroatoms. The Morgan fingerprint density at radius 3 is 2.96 bits per heavy atom. The van der Waals surface area contributed by atoms with Crippen LogP contribution >= 0.6 is 0 Å². The SMILES string of the molecule is COc1ccc2nc(N3CCCC3c3ccc4c(c3)OCO4)ncc2c1. The highest BCUT2D eigenvalue weighted by molar-refractivity contribution is 5.80. The molecule has 0 saturated carbocycles. The topological polar surface area (TPSA) is 56.7 Å². The smallest absolute Gasteiger partial charge is 0.231 e. The third kappa shape index (κ3) is 2.49. The van der Waals surface area contributed by atoms with Crippen LogP contribution < -0.4 is 19.1 Å². The third-order valence-electron chi connectivity index (χ3n) is 5.07. The minimum Gasteiger partial charge on any atom is -0.497 e. The Labute approximate surface area is 151 Å². The first kappa shape index (κ1) is 15.3. The van der Waals surface area contributed by atoms with Gasteiger partial charge in [0.25, 0.3) is 0 Å². The Hall–Kier alpha value is -3.02. The quantitative estimate of drug-likeness (QED) is 0.718. The van der Waals surface area contributed by atoms with Gasteiger partial charge in [-0.05, 0) is 48.7 Å². The van der Waals surface area contributed by atoms with E-state index in [1.165, 1.54) is 5.56 Å². The molecule has 0 spiro atoms. The van der Waals surface area contributed by atoms with Crippen molar-refractivity contribution in [3.8, 4) is 17.2 Å². The maximum atomic E-state index is 5.54. The molecule has 1 saturated heterocycles. The van der Waals surface area contributed by atoms with Gasteiger partial charge in [-0.25, -0.2) is 9.97 Å². The number of ether oxygens (including phenoxy) is 3. The predicted molar refractivity (Wildman–Crippen MR) is 98.0 cm³/mol. The Balaban J connectivity index is 1.49. The van der Waals surface area contributed by atoms with Crippen molar-refractivity contribution in [2.45, 2.75) is 18.9 Å². The van der Waals surface area contributed by atoms with Crippen LogP contribution in [0.15, 0.2) is 42.6 Å². The molecule has 1 atom stereocenters. The summed E-state index contributed by atoms with van der Waals surface area (Å²) in [5, 5.41) is 0.979. The van der Waals surface area contributed by atoms with Crippen molar-refractivity contribution in [1.82, 2.24) is 9.97 Å². The van der Waals surface area contributed by atoms with E-state index in [4.69, 9.17) is 19.2 Å². The monoisotopic (exact) mass is 349 g/mol. The van der Waals surface area contributed by atoms with Gasteiger partial charge >= 0.3 is 0 Å². The summed E-state index contributed by atoms with van der Waals surface area (Å²) < 4.78 is 16.2. The number of hydrogen-bond donors (Lipinski definition) is 0. The molecule has 2 aliphatic rings. The van der Waals surface area contributed by atoms with Crippen molar-refractivity contribution in [3.05, 3.63) is 48.2 Å². The molecule has 2 aromatic carbocycles. The molecule has 26 heavy (non-hydrogen) atoms. The Morgan fingerprint density at radius 2 is 2.04 bits per heavy atom. The molecule has 0 radical (unpaired) electrons. The number of rotatable bonds is 3. The van der Waals surface area contributed by atoms with E-state index in [1.807, 2.05) is 30.5 Å². The van der Waals surface area contributed by atoms with Gasteiger partial charge in [0.05, 0.1) is 18.7 Å². The van der Waals surface area contributed by atoms with E-state index >= 15 is 0 Å². The normalized spacial score (nSPS) is 18.5. The first-order chi connectivity index (χ1) is 12.8. The Kier molecular flexibility index (Phi) is 3.55. The summed E-state index contributed by atoms with van der Waals surface area (Å²) in [7, 11) is 1.66. The maximum Gasteiger partial charge on any atom is 0.231 e. The summed E-state index contributed by atoms with van der Waals surface area (Å²) >= 11 is 0. The highest BCUT2D eigenvalue weighted by Crippen LogP contribution is 2.40. The minimum atomic E-state index is 0.250. The summed E-state index contributed by atoms with van der Waals surface area (Å²) in [6, 6.07) is 12.3. The molecule has 3 aromatic rings. The van der Waals surface area contributed by atoms with Crippen LogP contribution in [0.4, 0.5) is 5.95 Å². The Bertz CT molecular complexity index is 976. The van der Waals surface area contributed by atoms with Gasteiger partial charge in [0.15, 0.2) is 11.5 Å². The molecule has 132 valence electrons. The lowest BCUT2D eigenvalue weighted by Gasteiger charge is -2.25. The average Bonchev–Trinajstić information content (AvgIpc) is 3.35. The molecule has 2 aliphatic heterocycles. The van der Waals surface area contributed by atoms with E-state index in [0.29, 0.717) is 6.79 Å². The maximum absolute atomic E-state index is 5.54. The van der Waals surface area contributed by atoms with E-state index < -0.39 is 0 Å². The van der Waals surface area contributed by atoms with E-state index in [0.717, 1.165) is 53.5 Å². The lowest BCUT2D eigenvalue weighted by atomic mass is 10.0. The van der Waals surface area contributed by atoms with E-state index in [2.05, 4.69) is 22.0 Å². The zero-order chi connectivity index (χ0) is 17.5. The van der Waals surface area contributed by atoms with E-state index in [-0.39, 0.29) is 6.04 Å². The third-order valence-corrected chi connectivity index (χ3v) is 5.07. The molecule has 1 unspecified atom stereocenters. The lowest BCUT2D eigenvalue weighted by molar-refractivity contribution is 0.174. The largest absolute Gasteiger partial charge is 0.497 e. The second kappa shape index (κ2) is 6.05. The second-order valence-electron chi connectivity index (χ2n) is 6.56. The number of aromatic nitrogens is 2. The molecule has 0 N–H and O–H groups in total. The number of fused-ring (bicyclic) bond motifs is 2. The zero-order valence-corrected chi connectivity index (χ0v) is 14.5. The van der Waals surface area contributed by atoms with Crippen molar-refractivity contribution < 1.29 is 14.2 Å². The van der Waals surface area contributed by atoms with Gasteiger partial charge in [0, 0.05) is 18.1 Å². The van der Waals surface area contributed by atoms with Crippen molar-refractivity contribution >= 4 is 16.9 Å². The standard InChI is InChI=1S/C20H19N3O3/c1-24-15-5-6-16-14(9-15)11-21-20(22-16)23-8-2-3-17(23)13-4-7-18-19(10-13)26-12-25-18/h4-7,9-11,17H,2-3,8,12H2,1H3. The van der Waals surface area contributed by atoms with E-state index in [9.17, 15) is 0 Å². The van der Waals surface area contributed by atoms with Crippen LogP contribution in [0, 0.1) is 0 Å². The zero-order valence-electron chi connectivity index (χ0n) is 14.5. The number of nitrogens with zero attached hydrogens (tertiary/aromatic N) is 3. The van der Waals surface area contributed by atoms with Crippen molar-refractivity contribution in [1.29, 1.82) is 0 Å². The fourth-order valence-electron chi connectivity index (χ4n) is 3.74. The van der Waals surface area contributed by atoms with E-state index in [1.54, 1.807) is 7.11 Å². The van der Waals surface area contributed by atoms with Crippen LogP contribution in [0.1, 0.15) is 24.4 Å². The van der Waals surface area contributed by atoms with Gasteiger partial charge < -0.3 is 19.1 Å².